The van der Waals surface area contributed by atoms with Gasteiger partial charge in [-0.2, -0.15) is 10.5 Å². The first-order valence-electron chi connectivity index (χ1n) is 8.08. The first-order valence-corrected chi connectivity index (χ1v) is 9.06. The lowest BCUT2D eigenvalue weighted by Crippen LogP contribution is -2.32. The number of ether oxygens (including phenoxy) is 2. The van der Waals surface area contributed by atoms with Crippen LogP contribution in [-0.4, -0.2) is 41.1 Å². The van der Waals surface area contributed by atoms with Crippen molar-refractivity contribution in [3.63, 3.8) is 0 Å². The van der Waals surface area contributed by atoms with Crippen LogP contribution in [0, 0.1) is 22.7 Å². The van der Waals surface area contributed by atoms with Gasteiger partial charge in [0.2, 0.25) is 5.91 Å². The highest BCUT2D eigenvalue weighted by molar-refractivity contribution is 8.00. The number of rotatable bonds is 5. The van der Waals surface area contributed by atoms with Gasteiger partial charge in [-0.15, -0.1) is 0 Å². The molecule has 1 aliphatic rings. The molecule has 1 aromatic carbocycles. The zero-order chi connectivity index (χ0) is 20.3. The smallest absolute Gasteiger partial charge is 0.227 e. The number of benzene rings is 1. The minimum atomic E-state index is -0.571. The van der Waals surface area contributed by atoms with E-state index in [1.807, 2.05) is 12.1 Å². The Kier molecular flexibility index (Phi) is 5.54. The number of thioether (sulfide) groups is 1. The van der Waals surface area contributed by atoms with E-state index in [0.29, 0.717) is 22.6 Å². The molecule has 0 fully saturated rings. The third-order valence-electron chi connectivity index (χ3n) is 3.92. The van der Waals surface area contributed by atoms with Gasteiger partial charge in [-0.3, -0.25) is 4.79 Å². The summed E-state index contributed by atoms with van der Waals surface area (Å²) in [6.45, 7) is -0.0128. The molecule has 1 aromatic heterocycles. The number of hydrogen-bond donors (Lipinski definition) is 3. The maximum absolute atomic E-state index is 11.1. The van der Waals surface area contributed by atoms with Gasteiger partial charge in [-0.1, -0.05) is 17.8 Å². The highest BCUT2D eigenvalue weighted by Crippen LogP contribution is 2.40. The molecule has 142 valence electrons. The lowest BCUT2D eigenvalue weighted by atomic mass is 9.96. The number of nitrogen functional groups attached to an aromatic ring is 1. The Morgan fingerprint density at radius 3 is 2.71 bits per heavy atom. The lowest BCUT2D eigenvalue weighted by Gasteiger charge is -2.25. The van der Waals surface area contributed by atoms with Gasteiger partial charge in [-0.05, 0) is 17.7 Å². The Bertz CT molecular complexity index is 1030. The Morgan fingerprint density at radius 2 is 2.07 bits per heavy atom. The van der Waals surface area contributed by atoms with E-state index in [1.54, 1.807) is 18.2 Å². The molecule has 0 saturated carbocycles. The van der Waals surface area contributed by atoms with E-state index in [-0.39, 0.29) is 40.9 Å². The van der Waals surface area contributed by atoms with Gasteiger partial charge in [0.1, 0.15) is 35.2 Å². The molecule has 9 nitrogen and oxygen atoms in total. The topological polar surface area (TPSA) is 168 Å². The van der Waals surface area contributed by atoms with Crippen LogP contribution < -0.4 is 20.9 Å². The molecule has 0 spiro atoms. The number of pyridine rings is 1. The number of carbonyl (C=O) groups excluding carboxylic acids is 1. The summed E-state index contributed by atoms with van der Waals surface area (Å²) < 4.78 is 11.2. The number of carbonyl (C=O) groups is 1. The first kappa shape index (κ1) is 19.3. The summed E-state index contributed by atoms with van der Waals surface area (Å²) in [6, 6.07) is 8.93. The van der Waals surface area contributed by atoms with Crippen molar-refractivity contribution in [3.05, 3.63) is 29.3 Å². The molecule has 28 heavy (non-hydrogen) atoms. The van der Waals surface area contributed by atoms with Crippen LogP contribution in [0.25, 0.3) is 11.1 Å². The van der Waals surface area contributed by atoms with E-state index in [1.165, 1.54) is 0 Å². The Labute approximate surface area is 164 Å². The molecule has 1 unspecified atom stereocenters. The van der Waals surface area contributed by atoms with Crippen LogP contribution in [-0.2, 0) is 4.79 Å². The molecular formula is C18H15N5O4S. The molecule has 3 rings (SSSR count). The van der Waals surface area contributed by atoms with Crippen LogP contribution in [0.4, 0.5) is 5.82 Å². The second-order valence-corrected chi connectivity index (χ2v) is 6.76. The predicted molar refractivity (Wildman–Crippen MR) is 100 cm³/mol. The van der Waals surface area contributed by atoms with Crippen molar-refractivity contribution in [3.8, 4) is 34.8 Å². The van der Waals surface area contributed by atoms with Crippen LogP contribution in [0.15, 0.2) is 23.2 Å². The largest absolute Gasteiger partial charge is 0.486 e. The average Bonchev–Trinajstić information content (AvgIpc) is 2.70. The van der Waals surface area contributed by atoms with Crippen LogP contribution in [0.3, 0.4) is 0 Å². The van der Waals surface area contributed by atoms with Gasteiger partial charge in [0, 0.05) is 5.56 Å². The standard InChI is InChI=1S/C18H15N5O4S/c19-4-11-16(12(5-20)18(23-17(11)22)28-8-15(21)25)9-1-2-13-14(3-9)26-7-10(6-24)27-13/h1-3,10,24H,6-8H2,(H2,21,25)(H2,22,23). The molecule has 1 aliphatic heterocycles. The van der Waals surface area contributed by atoms with E-state index < -0.39 is 12.0 Å². The van der Waals surface area contributed by atoms with Crippen LogP contribution in [0.5, 0.6) is 11.5 Å². The molecule has 5 N–H and O–H groups in total. The van der Waals surface area contributed by atoms with E-state index in [9.17, 15) is 20.4 Å². The fraction of sp³-hybridized carbons (Fsp3) is 0.222. The number of anilines is 1. The Morgan fingerprint density at radius 1 is 1.32 bits per heavy atom. The average molecular weight is 397 g/mol. The number of nitrogens with zero attached hydrogens (tertiary/aromatic N) is 3. The minimum absolute atomic E-state index is 0.0462. The number of amides is 1. The molecule has 0 bridgehead atoms. The van der Waals surface area contributed by atoms with Crippen molar-refractivity contribution in [2.75, 3.05) is 24.7 Å². The third kappa shape index (κ3) is 3.64. The van der Waals surface area contributed by atoms with E-state index in [4.69, 9.17) is 20.9 Å². The third-order valence-corrected chi connectivity index (χ3v) is 4.92. The van der Waals surface area contributed by atoms with E-state index in [0.717, 1.165) is 11.8 Å². The molecule has 2 aromatic rings. The summed E-state index contributed by atoms with van der Waals surface area (Å²) in [7, 11) is 0. The molecule has 1 atom stereocenters. The number of aliphatic hydroxyl groups excluding tert-OH is 1. The van der Waals surface area contributed by atoms with Crippen molar-refractivity contribution in [1.82, 2.24) is 4.98 Å². The molecule has 10 heteroatoms. The highest BCUT2D eigenvalue weighted by Gasteiger charge is 2.24. The maximum Gasteiger partial charge on any atom is 0.227 e. The minimum Gasteiger partial charge on any atom is -0.486 e. The summed E-state index contributed by atoms with van der Waals surface area (Å²) in [5, 5.41) is 28.7. The van der Waals surface area contributed by atoms with Crippen molar-refractivity contribution >= 4 is 23.5 Å². The number of nitrogens with two attached hydrogens (primary N) is 2. The van der Waals surface area contributed by atoms with Gasteiger partial charge in [-0.25, -0.2) is 4.98 Å². The second kappa shape index (κ2) is 8.05. The molecule has 2 heterocycles. The van der Waals surface area contributed by atoms with Crippen LogP contribution in [0.1, 0.15) is 11.1 Å². The quantitative estimate of drug-likeness (QED) is 0.617. The first-order chi connectivity index (χ1) is 13.5. The van der Waals surface area contributed by atoms with Crippen molar-refractivity contribution < 1.29 is 19.4 Å². The van der Waals surface area contributed by atoms with Crippen LogP contribution >= 0.6 is 11.8 Å². The summed E-state index contributed by atoms with van der Waals surface area (Å²) in [5.74, 6) is 0.139. The monoisotopic (exact) mass is 397 g/mol. The van der Waals surface area contributed by atoms with Gasteiger partial charge in [0.25, 0.3) is 0 Å². The van der Waals surface area contributed by atoms with Gasteiger partial charge >= 0.3 is 0 Å². The predicted octanol–water partition coefficient (Wildman–Crippen LogP) is 0.784. The van der Waals surface area contributed by atoms with Crippen molar-refractivity contribution in [2.24, 2.45) is 5.73 Å². The maximum atomic E-state index is 11.1. The number of fused-ring (bicyclic) bond motifs is 1. The van der Waals surface area contributed by atoms with E-state index >= 15 is 0 Å². The number of primary amides is 1. The molecule has 0 radical (unpaired) electrons. The summed E-state index contributed by atoms with van der Waals surface area (Å²) in [4.78, 5) is 15.2. The fourth-order valence-electron chi connectivity index (χ4n) is 2.69. The van der Waals surface area contributed by atoms with Gasteiger partial charge < -0.3 is 26.0 Å². The number of aromatic nitrogens is 1. The number of aliphatic hydroxyl groups is 1. The lowest BCUT2D eigenvalue weighted by molar-refractivity contribution is -0.115. The number of hydrogen-bond acceptors (Lipinski definition) is 9. The Hall–Kier alpha value is -3.47. The summed E-state index contributed by atoms with van der Waals surface area (Å²) in [5.41, 5.74) is 12.0. The molecule has 1 amide bonds. The summed E-state index contributed by atoms with van der Waals surface area (Å²) >= 11 is 0.973. The second-order valence-electron chi connectivity index (χ2n) is 5.80. The Balaban J connectivity index is 2.14. The van der Waals surface area contributed by atoms with Gasteiger partial charge in [0.05, 0.1) is 17.9 Å². The molecular weight excluding hydrogens is 382 g/mol. The normalized spacial score (nSPS) is 14.8. The zero-order valence-corrected chi connectivity index (χ0v) is 15.3. The van der Waals surface area contributed by atoms with Crippen molar-refractivity contribution in [2.45, 2.75) is 11.1 Å². The van der Waals surface area contributed by atoms with E-state index in [2.05, 4.69) is 4.98 Å². The van der Waals surface area contributed by atoms with Crippen LogP contribution in [0.2, 0.25) is 0 Å². The highest BCUT2D eigenvalue weighted by atomic mass is 32.2. The SMILES string of the molecule is N#Cc1c(N)nc(SCC(N)=O)c(C#N)c1-c1ccc2c(c1)OCC(CO)O2. The van der Waals surface area contributed by atoms with Crippen molar-refractivity contribution in [1.29, 1.82) is 10.5 Å². The summed E-state index contributed by atoms with van der Waals surface area (Å²) in [6.07, 6.45) is -0.462. The molecule has 0 aliphatic carbocycles. The van der Waals surface area contributed by atoms with Gasteiger partial charge in [0.15, 0.2) is 17.6 Å². The molecule has 0 saturated heterocycles. The zero-order valence-electron chi connectivity index (χ0n) is 14.5. The fourth-order valence-corrected chi connectivity index (χ4v) is 3.42. The number of nitriles is 2.